The van der Waals surface area contributed by atoms with Gasteiger partial charge < -0.3 is 19.9 Å². The second kappa shape index (κ2) is 6.72. The van der Waals surface area contributed by atoms with Gasteiger partial charge in [0, 0.05) is 0 Å². The summed E-state index contributed by atoms with van der Waals surface area (Å²) >= 11 is 0. The summed E-state index contributed by atoms with van der Waals surface area (Å²) in [7, 11) is 0. The number of alkyl carbamates (subject to hydrolysis) is 1. The Morgan fingerprint density at radius 2 is 1.82 bits per heavy atom. The van der Waals surface area contributed by atoms with Crippen molar-refractivity contribution < 1.29 is 29.0 Å². The van der Waals surface area contributed by atoms with Crippen molar-refractivity contribution in [3.8, 4) is 0 Å². The lowest BCUT2D eigenvalue weighted by Gasteiger charge is -2.09. The Morgan fingerprint density at radius 1 is 1.18 bits per heavy atom. The third kappa shape index (κ3) is 5.19. The highest BCUT2D eigenvalue weighted by atomic mass is 16.7. The van der Waals surface area contributed by atoms with E-state index in [0.717, 1.165) is 25.7 Å². The van der Waals surface area contributed by atoms with Gasteiger partial charge in [-0.25, -0.2) is 4.79 Å². The number of hydrogen-bond acceptors (Lipinski definition) is 5. The minimum Gasteiger partial charge on any atom is -0.480 e. The zero-order valence-electron chi connectivity index (χ0n) is 9.31. The van der Waals surface area contributed by atoms with Crippen molar-refractivity contribution >= 4 is 18.0 Å². The number of carbonyl (C=O) groups excluding carboxylic acids is 2. The van der Waals surface area contributed by atoms with Crippen molar-refractivity contribution in [2.75, 3.05) is 13.3 Å². The van der Waals surface area contributed by atoms with E-state index in [4.69, 9.17) is 9.84 Å². The third-order valence-electron chi connectivity index (χ3n) is 2.46. The van der Waals surface area contributed by atoms with Gasteiger partial charge in [0.15, 0.2) is 0 Å². The van der Waals surface area contributed by atoms with Gasteiger partial charge in [-0.05, 0) is 12.8 Å². The summed E-state index contributed by atoms with van der Waals surface area (Å²) in [5, 5.41) is 10.2. The predicted molar refractivity (Wildman–Crippen MR) is 55.0 cm³/mol. The zero-order valence-corrected chi connectivity index (χ0v) is 9.31. The zero-order chi connectivity index (χ0) is 12.7. The number of rotatable bonds is 5. The molecule has 0 spiro atoms. The number of carboxylic acid groups (broad SMARTS) is 1. The van der Waals surface area contributed by atoms with Crippen LogP contribution >= 0.6 is 0 Å². The number of amides is 1. The fraction of sp³-hybridized carbons (Fsp3) is 0.700. The maximum Gasteiger partial charge on any atom is 0.410 e. The van der Waals surface area contributed by atoms with Gasteiger partial charge in [0.05, 0.1) is 5.92 Å². The van der Waals surface area contributed by atoms with Crippen molar-refractivity contribution in [3.63, 3.8) is 0 Å². The highest BCUT2D eigenvalue weighted by molar-refractivity contribution is 5.76. The SMILES string of the molecule is O=C(O)CNC(=O)OCOC(=O)C1CCCC1. The van der Waals surface area contributed by atoms with Crippen molar-refractivity contribution in [3.05, 3.63) is 0 Å². The third-order valence-corrected chi connectivity index (χ3v) is 2.46. The Bertz CT molecular complexity index is 297. The second-order valence-corrected chi connectivity index (χ2v) is 3.74. The monoisotopic (exact) mass is 245 g/mol. The Hall–Kier alpha value is -1.79. The maximum absolute atomic E-state index is 11.4. The van der Waals surface area contributed by atoms with Crippen LogP contribution in [-0.4, -0.2) is 36.5 Å². The number of hydrogen-bond donors (Lipinski definition) is 2. The summed E-state index contributed by atoms with van der Waals surface area (Å²) < 4.78 is 9.20. The molecule has 1 fully saturated rings. The van der Waals surface area contributed by atoms with E-state index in [1.54, 1.807) is 0 Å². The molecule has 17 heavy (non-hydrogen) atoms. The molecule has 0 saturated heterocycles. The molecule has 7 nitrogen and oxygen atoms in total. The number of carboxylic acids is 1. The largest absolute Gasteiger partial charge is 0.480 e. The van der Waals surface area contributed by atoms with Gasteiger partial charge in [0.1, 0.15) is 6.54 Å². The molecular weight excluding hydrogens is 230 g/mol. The number of esters is 1. The average Bonchev–Trinajstić information content (AvgIpc) is 2.79. The lowest BCUT2D eigenvalue weighted by molar-refractivity contribution is -0.156. The quantitative estimate of drug-likeness (QED) is 0.539. The van der Waals surface area contributed by atoms with E-state index in [0.29, 0.717) is 0 Å². The molecular formula is C10H15NO6. The molecule has 1 aliphatic rings. The van der Waals surface area contributed by atoms with Crippen LogP contribution in [0, 0.1) is 5.92 Å². The van der Waals surface area contributed by atoms with Gasteiger partial charge in [0.25, 0.3) is 0 Å². The summed E-state index contributed by atoms with van der Waals surface area (Å²) in [5.41, 5.74) is 0. The first-order chi connectivity index (χ1) is 8.09. The molecule has 0 aromatic carbocycles. The first-order valence-electron chi connectivity index (χ1n) is 5.38. The van der Waals surface area contributed by atoms with Gasteiger partial charge in [-0.2, -0.15) is 0 Å². The molecule has 96 valence electrons. The number of ether oxygens (including phenoxy) is 2. The summed E-state index contributed by atoms with van der Waals surface area (Å²) in [6.45, 7) is -1.02. The Balaban J connectivity index is 2.08. The van der Waals surface area contributed by atoms with Gasteiger partial charge in [0.2, 0.25) is 6.79 Å². The van der Waals surface area contributed by atoms with Gasteiger partial charge >= 0.3 is 18.0 Å². The smallest absolute Gasteiger partial charge is 0.410 e. The number of aliphatic carboxylic acids is 1. The Labute approximate surface area is 98.1 Å². The molecule has 0 unspecified atom stereocenters. The first kappa shape index (κ1) is 13.3. The highest BCUT2D eigenvalue weighted by Crippen LogP contribution is 2.25. The van der Waals surface area contributed by atoms with Gasteiger partial charge in [-0.1, -0.05) is 12.8 Å². The molecule has 0 bridgehead atoms. The molecule has 7 heteroatoms. The Kier molecular flexibility index (Phi) is 5.25. The number of nitrogens with one attached hydrogen (secondary N) is 1. The normalized spacial score (nSPS) is 15.3. The van der Waals surface area contributed by atoms with Crippen LogP contribution in [0.4, 0.5) is 4.79 Å². The summed E-state index contributed by atoms with van der Waals surface area (Å²) in [5.74, 6) is -1.64. The predicted octanol–water partition coefficient (Wildman–Crippen LogP) is 0.488. The van der Waals surface area contributed by atoms with Crippen LogP contribution in [0.3, 0.4) is 0 Å². The first-order valence-corrected chi connectivity index (χ1v) is 5.38. The molecule has 0 heterocycles. The molecule has 0 atom stereocenters. The molecule has 1 rings (SSSR count). The lowest BCUT2D eigenvalue weighted by atomic mass is 10.1. The molecule has 1 saturated carbocycles. The van der Waals surface area contributed by atoms with E-state index in [-0.39, 0.29) is 11.9 Å². The molecule has 2 N–H and O–H groups in total. The van der Waals surface area contributed by atoms with Crippen molar-refractivity contribution in [2.24, 2.45) is 5.92 Å². The highest BCUT2D eigenvalue weighted by Gasteiger charge is 2.24. The summed E-state index contributed by atoms with van der Waals surface area (Å²) in [6.07, 6.45) is 2.72. The topological polar surface area (TPSA) is 102 Å². The standard InChI is InChI=1S/C10H15NO6/c12-8(13)5-11-10(15)17-6-16-9(14)7-3-1-2-4-7/h7H,1-6H2,(H,11,15)(H,12,13). The summed E-state index contributed by atoms with van der Waals surface area (Å²) in [6, 6.07) is 0. The molecule has 0 aliphatic heterocycles. The summed E-state index contributed by atoms with van der Waals surface area (Å²) in [4.78, 5) is 32.3. The van der Waals surface area contributed by atoms with E-state index < -0.39 is 25.4 Å². The molecule has 0 radical (unpaired) electrons. The van der Waals surface area contributed by atoms with Crippen LogP contribution in [0.5, 0.6) is 0 Å². The van der Waals surface area contributed by atoms with E-state index >= 15 is 0 Å². The van der Waals surface area contributed by atoms with Crippen molar-refractivity contribution in [2.45, 2.75) is 25.7 Å². The maximum atomic E-state index is 11.4. The van der Waals surface area contributed by atoms with E-state index in [2.05, 4.69) is 4.74 Å². The van der Waals surface area contributed by atoms with Crippen molar-refractivity contribution in [1.29, 1.82) is 0 Å². The average molecular weight is 245 g/mol. The van der Waals surface area contributed by atoms with Crippen LogP contribution in [-0.2, 0) is 19.1 Å². The van der Waals surface area contributed by atoms with E-state index in [1.807, 2.05) is 5.32 Å². The molecule has 1 amide bonds. The van der Waals surface area contributed by atoms with Crippen LogP contribution in [0.25, 0.3) is 0 Å². The molecule has 0 aromatic rings. The number of carbonyl (C=O) groups is 3. The van der Waals surface area contributed by atoms with Crippen LogP contribution < -0.4 is 5.32 Å². The molecule has 0 aromatic heterocycles. The minimum atomic E-state index is -1.18. The van der Waals surface area contributed by atoms with Crippen LogP contribution in [0.2, 0.25) is 0 Å². The van der Waals surface area contributed by atoms with Gasteiger partial charge in [-0.3, -0.25) is 9.59 Å². The lowest BCUT2D eigenvalue weighted by Crippen LogP contribution is -2.31. The Morgan fingerprint density at radius 3 is 2.41 bits per heavy atom. The van der Waals surface area contributed by atoms with Crippen LogP contribution in [0.1, 0.15) is 25.7 Å². The van der Waals surface area contributed by atoms with Crippen LogP contribution in [0.15, 0.2) is 0 Å². The van der Waals surface area contributed by atoms with E-state index in [1.165, 1.54) is 0 Å². The molecule has 1 aliphatic carbocycles. The fourth-order valence-electron chi connectivity index (χ4n) is 1.62. The second-order valence-electron chi connectivity index (χ2n) is 3.74. The van der Waals surface area contributed by atoms with Gasteiger partial charge in [-0.15, -0.1) is 0 Å². The fourth-order valence-corrected chi connectivity index (χ4v) is 1.62. The minimum absolute atomic E-state index is 0.0966. The van der Waals surface area contributed by atoms with Crippen molar-refractivity contribution in [1.82, 2.24) is 5.32 Å². The van der Waals surface area contributed by atoms with E-state index in [9.17, 15) is 14.4 Å².